The average Bonchev–Trinajstić information content (AvgIpc) is 2.39. The van der Waals surface area contributed by atoms with Gasteiger partial charge in [-0.25, -0.2) is 0 Å². The molecule has 0 bridgehead atoms. The molecule has 2 N–H and O–H groups in total. The minimum Gasteiger partial charge on any atom is -0.371 e. The lowest BCUT2D eigenvalue weighted by atomic mass is 10.0. The standard InChI is InChI=1S/C13H20N4O/c1-16(2)10-4-7-17(8-5-10)12-3-6-15-9-11(12)13(14)18/h3,6,9-10H,4-5,7-8H2,1-2H3,(H2,14,18). The summed E-state index contributed by atoms with van der Waals surface area (Å²) in [6, 6.07) is 2.50. The lowest BCUT2D eigenvalue weighted by molar-refractivity contribution is 0.100. The summed E-state index contributed by atoms with van der Waals surface area (Å²) in [7, 11) is 4.23. The van der Waals surface area contributed by atoms with Crippen LogP contribution in [-0.4, -0.2) is 49.0 Å². The van der Waals surface area contributed by atoms with Crippen LogP contribution in [-0.2, 0) is 0 Å². The SMILES string of the molecule is CN(C)C1CCN(c2ccncc2C(N)=O)CC1. The molecule has 1 aromatic rings. The lowest BCUT2D eigenvalue weighted by Gasteiger charge is -2.36. The molecular formula is C13H20N4O. The van der Waals surface area contributed by atoms with Gasteiger partial charge in [0.25, 0.3) is 5.91 Å². The molecule has 1 amide bonds. The molecule has 1 fully saturated rings. The molecular weight excluding hydrogens is 228 g/mol. The van der Waals surface area contributed by atoms with Crippen molar-refractivity contribution in [3.05, 3.63) is 24.0 Å². The van der Waals surface area contributed by atoms with Crippen molar-refractivity contribution in [3.63, 3.8) is 0 Å². The third-order valence-corrected chi connectivity index (χ3v) is 3.60. The fourth-order valence-electron chi connectivity index (χ4n) is 2.48. The minimum atomic E-state index is -0.409. The summed E-state index contributed by atoms with van der Waals surface area (Å²) in [6.07, 6.45) is 5.47. The zero-order chi connectivity index (χ0) is 13.1. The van der Waals surface area contributed by atoms with Crippen LogP contribution in [0.4, 0.5) is 5.69 Å². The fraction of sp³-hybridized carbons (Fsp3) is 0.538. The number of aromatic nitrogens is 1. The van der Waals surface area contributed by atoms with Crippen molar-refractivity contribution in [2.24, 2.45) is 5.73 Å². The molecule has 0 saturated carbocycles. The molecule has 5 nitrogen and oxygen atoms in total. The summed E-state index contributed by atoms with van der Waals surface area (Å²) in [6.45, 7) is 1.90. The second kappa shape index (κ2) is 5.35. The first-order valence-corrected chi connectivity index (χ1v) is 6.25. The van der Waals surface area contributed by atoms with Gasteiger partial charge in [-0.15, -0.1) is 0 Å². The highest BCUT2D eigenvalue weighted by atomic mass is 16.1. The molecule has 98 valence electrons. The van der Waals surface area contributed by atoms with Crippen molar-refractivity contribution in [1.82, 2.24) is 9.88 Å². The first-order chi connectivity index (χ1) is 8.59. The Hall–Kier alpha value is -1.62. The van der Waals surface area contributed by atoms with Crippen LogP contribution < -0.4 is 10.6 Å². The van der Waals surface area contributed by atoms with Crippen LogP contribution >= 0.6 is 0 Å². The summed E-state index contributed by atoms with van der Waals surface area (Å²) in [5, 5.41) is 0. The lowest BCUT2D eigenvalue weighted by Crippen LogP contribution is -2.42. The minimum absolute atomic E-state index is 0.409. The summed E-state index contributed by atoms with van der Waals surface area (Å²) in [5.74, 6) is -0.409. The van der Waals surface area contributed by atoms with Crippen LogP contribution in [0.5, 0.6) is 0 Å². The predicted octanol–water partition coefficient (Wildman–Crippen LogP) is 0.711. The van der Waals surface area contributed by atoms with E-state index in [2.05, 4.69) is 28.9 Å². The molecule has 0 radical (unpaired) electrons. The number of carbonyl (C=O) groups is 1. The topological polar surface area (TPSA) is 62.5 Å². The zero-order valence-electron chi connectivity index (χ0n) is 11.0. The molecule has 0 aromatic carbocycles. The number of amides is 1. The predicted molar refractivity (Wildman–Crippen MR) is 71.7 cm³/mol. The van der Waals surface area contributed by atoms with E-state index in [1.807, 2.05) is 6.07 Å². The van der Waals surface area contributed by atoms with Gasteiger partial charge < -0.3 is 15.5 Å². The number of hydrogen-bond donors (Lipinski definition) is 1. The van der Waals surface area contributed by atoms with E-state index in [4.69, 9.17) is 5.73 Å². The van der Waals surface area contributed by atoms with Crippen LogP contribution in [0.25, 0.3) is 0 Å². The first-order valence-electron chi connectivity index (χ1n) is 6.25. The van der Waals surface area contributed by atoms with Gasteiger partial charge >= 0.3 is 0 Å². The van der Waals surface area contributed by atoms with Gasteiger partial charge in [0.1, 0.15) is 0 Å². The van der Waals surface area contributed by atoms with Gasteiger partial charge in [0.2, 0.25) is 0 Å². The molecule has 1 aromatic heterocycles. The van der Waals surface area contributed by atoms with E-state index in [0.29, 0.717) is 11.6 Å². The Labute approximate surface area is 108 Å². The maximum Gasteiger partial charge on any atom is 0.252 e. The van der Waals surface area contributed by atoms with E-state index >= 15 is 0 Å². The normalized spacial score (nSPS) is 17.2. The Morgan fingerprint density at radius 3 is 2.67 bits per heavy atom. The fourth-order valence-corrected chi connectivity index (χ4v) is 2.48. The Morgan fingerprint density at radius 1 is 1.44 bits per heavy atom. The molecule has 2 rings (SSSR count). The Bertz CT molecular complexity index is 425. The number of piperidine rings is 1. The molecule has 1 saturated heterocycles. The van der Waals surface area contributed by atoms with Gasteiger partial charge in [-0.2, -0.15) is 0 Å². The molecule has 1 aliphatic rings. The number of hydrogen-bond acceptors (Lipinski definition) is 4. The van der Waals surface area contributed by atoms with E-state index in [1.165, 1.54) is 0 Å². The van der Waals surface area contributed by atoms with Crippen molar-refractivity contribution in [3.8, 4) is 0 Å². The third kappa shape index (κ3) is 2.61. The molecule has 18 heavy (non-hydrogen) atoms. The largest absolute Gasteiger partial charge is 0.371 e. The molecule has 0 unspecified atom stereocenters. The smallest absolute Gasteiger partial charge is 0.252 e. The van der Waals surface area contributed by atoms with E-state index in [0.717, 1.165) is 31.6 Å². The van der Waals surface area contributed by atoms with E-state index in [1.54, 1.807) is 12.4 Å². The summed E-state index contributed by atoms with van der Waals surface area (Å²) >= 11 is 0. The van der Waals surface area contributed by atoms with Crippen LogP contribution in [0.2, 0.25) is 0 Å². The Morgan fingerprint density at radius 2 is 2.11 bits per heavy atom. The van der Waals surface area contributed by atoms with Gasteiger partial charge in [-0.1, -0.05) is 0 Å². The molecule has 0 atom stereocenters. The molecule has 0 spiro atoms. The van der Waals surface area contributed by atoms with Crippen molar-refractivity contribution in [2.75, 3.05) is 32.1 Å². The second-order valence-corrected chi connectivity index (χ2v) is 4.94. The third-order valence-electron chi connectivity index (χ3n) is 3.60. The van der Waals surface area contributed by atoms with Gasteiger partial charge in [-0.3, -0.25) is 9.78 Å². The number of pyridine rings is 1. The monoisotopic (exact) mass is 248 g/mol. The van der Waals surface area contributed by atoms with Crippen LogP contribution in [0.1, 0.15) is 23.2 Å². The highest BCUT2D eigenvalue weighted by Gasteiger charge is 2.23. The van der Waals surface area contributed by atoms with E-state index in [-0.39, 0.29) is 0 Å². The van der Waals surface area contributed by atoms with E-state index in [9.17, 15) is 4.79 Å². The number of carbonyl (C=O) groups excluding carboxylic acids is 1. The molecule has 5 heteroatoms. The summed E-state index contributed by atoms with van der Waals surface area (Å²) in [5.41, 5.74) is 6.81. The quantitative estimate of drug-likeness (QED) is 0.855. The highest BCUT2D eigenvalue weighted by Crippen LogP contribution is 2.24. The Balaban J connectivity index is 2.12. The molecule has 2 heterocycles. The number of rotatable bonds is 3. The number of nitrogens with two attached hydrogens (primary N) is 1. The number of nitrogens with zero attached hydrogens (tertiary/aromatic N) is 3. The van der Waals surface area contributed by atoms with Crippen molar-refractivity contribution < 1.29 is 4.79 Å². The van der Waals surface area contributed by atoms with E-state index < -0.39 is 5.91 Å². The van der Waals surface area contributed by atoms with Crippen LogP contribution in [0.15, 0.2) is 18.5 Å². The summed E-state index contributed by atoms with van der Waals surface area (Å²) < 4.78 is 0. The van der Waals surface area contributed by atoms with Crippen LogP contribution in [0, 0.1) is 0 Å². The maximum absolute atomic E-state index is 11.4. The summed E-state index contributed by atoms with van der Waals surface area (Å²) in [4.78, 5) is 19.8. The van der Waals surface area contributed by atoms with Crippen molar-refractivity contribution >= 4 is 11.6 Å². The van der Waals surface area contributed by atoms with Crippen molar-refractivity contribution in [2.45, 2.75) is 18.9 Å². The zero-order valence-corrected chi connectivity index (χ0v) is 11.0. The van der Waals surface area contributed by atoms with Gasteiger partial charge in [0.15, 0.2) is 0 Å². The van der Waals surface area contributed by atoms with Crippen molar-refractivity contribution in [1.29, 1.82) is 0 Å². The second-order valence-electron chi connectivity index (χ2n) is 4.94. The first kappa shape index (κ1) is 12.8. The Kier molecular flexibility index (Phi) is 3.81. The average molecular weight is 248 g/mol. The molecule has 0 aliphatic carbocycles. The highest BCUT2D eigenvalue weighted by molar-refractivity contribution is 5.98. The van der Waals surface area contributed by atoms with Gasteiger partial charge in [-0.05, 0) is 33.0 Å². The number of anilines is 1. The maximum atomic E-state index is 11.4. The van der Waals surface area contributed by atoms with Gasteiger partial charge in [0, 0.05) is 31.5 Å². The van der Waals surface area contributed by atoms with Gasteiger partial charge in [0.05, 0.1) is 11.3 Å². The molecule has 1 aliphatic heterocycles. The number of primary amides is 1. The van der Waals surface area contributed by atoms with Crippen LogP contribution in [0.3, 0.4) is 0 Å².